The smallest absolute Gasteiger partial charge is 0.254 e. The molecule has 0 radical (unpaired) electrons. The van der Waals surface area contributed by atoms with Crippen LogP contribution in [0.15, 0.2) is 36.4 Å². The van der Waals surface area contributed by atoms with Crippen LogP contribution in [0.5, 0.6) is 5.75 Å². The maximum atomic E-state index is 12.7. The lowest BCUT2D eigenvalue weighted by atomic mass is 10.1. The van der Waals surface area contributed by atoms with Crippen molar-refractivity contribution in [1.29, 1.82) is 0 Å². The number of ether oxygens (including phenoxy) is 1. The van der Waals surface area contributed by atoms with E-state index in [9.17, 15) is 4.79 Å². The number of thiophene rings is 1. The highest BCUT2D eigenvalue weighted by atomic mass is 32.1. The van der Waals surface area contributed by atoms with Gasteiger partial charge in [-0.05, 0) is 75.9 Å². The molecule has 0 bridgehead atoms. The van der Waals surface area contributed by atoms with E-state index in [-0.39, 0.29) is 11.9 Å². The van der Waals surface area contributed by atoms with Gasteiger partial charge in [0.15, 0.2) is 0 Å². The first-order valence-electron chi connectivity index (χ1n) is 8.65. The van der Waals surface area contributed by atoms with Crippen molar-refractivity contribution in [3.8, 4) is 5.75 Å². The molecule has 4 heteroatoms. The fourth-order valence-corrected chi connectivity index (χ4v) is 4.10. The van der Waals surface area contributed by atoms with Gasteiger partial charge in [-0.25, -0.2) is 0 Å². The molecule has 1 fully saturated rings. The lowest BCUT2D eigenvalue weighted by Crippen LogP contribution is -2.29. The van der Waals surface area contributed by atoms with Crippen molar-refractivity contribution in [3.05, 3.63) is 51.7 Å². The van der Waals surface area contributed by atoms with Gasteiger partial charge in [-0.15, -0.1) is 11.3 Å². The summed E-state index contributed by atoms with van der Waals surface area (Å²) >= 11 is 1.74. The third-order valence-corrected chi connectivity index (χ3v) is 5.95. The summed E-state index contributed by atoms with van der Waals surface area (Å²) in [6, 6.07) is 11.9. The van der Waals surface area contributed by atoms with Crippen LogP contribution in [-0.4, -0.2) is 24.0 Å². The Balaban J connectivity index is 1.65. The second-order valence-corrected chi connectivity index (χ2v) is 7.91. The number of carbonyl (C=O) groups is 1. The van der Waals surface area contributed by atoms with E-state index < -0.39 is 0 Å². The van der Waals surface area contributed by atoms with Crippen LogP contribution in [-0.2, 0) is 0 Å². The Morgan fingerprint density at radius 1 is 1.17 bits per heavy atom. The van der Waals surface area contributed by atoms with E-state index in [0.717, 1.165) is 18.6 Å². The van der Waals surface area contributed by atoms with E-state index in [4.69, 9.17) is 4.74 Å². The zero-order valence-electron chi connectivity index (χ0n) is 14.6. The van der Waals surface area contributed by atoms with Crippen molar-refractivity contribution in [2.45, 2.75) is 51.7 Å². The van der Waals surface area contributed by atoms with Crippen LogP contribution < -0.4 is 4.74 Å². The van der Waals surface area contributed by atoms with E-state index >= 15 is 0 Å². The molecule has 1 amide bonds. The minimum Gasteiger partial charge on any atom is -0.490 e. The average Bonchev–Trinajstić information content (AvgIpc) is 3.25. The highest BCUT2D eigenvalue weighted by Gasteiger charge is 2.21. The maximum Gasteiger partial charge on any atom is 0.254 e. The molecule has 128 valence electrons. The number of amides is 1. The first kappa shape index (κ1) is 17.0. The fraction of sp³-hybridized carbons (Fsp3) is 0.450. The van der Waals surface area contributed by atoms with Gasteiger partial charge in [0, 0.05) is 22.4 Å². The van der Waals surface area contributed by atoms with Gasteiger partial charge in [-0.1, -0.05) is 0 Å². The quantitative estimate of drug-likeness (QED) is 0.746. The summed E-state index contributed by atoms with van der Waals surface area (Å²) in [6.07, 6.45) is 5.14. The Bertz CT molecular complexity index is 686. The van der Waals surface area contributed by atoms with E-state index in [0.29, 0.717) is 11.7 Å². The minimum atomic E-state index is 0.0426. The van der Waals surface area contributed by atoms with Gasteiger partial charge in [-0.2, -0.15) is 0 Å². The molecule has 1 heterocycles. The molecule has 1 aliphatic carbocycles. The van der Waals surface area contributed by atoms with Crippen LogP contribution >= 0.6 is 11.3 Å². The van der Waals surface area contributed by atoms with Crippen LogP contribution in [0.3, 0.4) is 0 Å². The Kier molecular flexibility index (Phi) is 5.24. The first-order chi connectivity index (χ1) is 11.5. The topological polar surface area (TPSA) is 29.5 Å². The van der Waals surface area contributed by atoms with E-state index in [1.54, 1.807) is 16.2 Å². The van der Waals surface area contributed by atoms with E-state index in [2.05, 4.69) is 26.0 Å². The summed E-state index contributed by atoms with van der Waals surface area (Å²) in [5, 5.41) is 0. The molecule has 1 aromatic heterocycles. The average molecular weight is 343 g/mol. The molecule has 1 saturated carbocycles. The molecule has 0 unspecified atom stereocenters. The predicted molar refractivity (Wildman–Crippen MR) is 98.9 cm³/mol. The molecule has 3 rings (SSSR count). The van der Waals surface area contributed by atoms with Crippen molar-refractivity contribution >= 4 is 17.2 Å². The molecular weight excluding hydrogens is 318 g/mol. The number of carbonyl (C=O) groups excluding carboxylic acids is 1. The molecule has 3 nitrogen and oxygen atoms in total. The van der Waals surface area contributed by atoms with Crippen molar-refractivity contribution < 1.29 is 9.53 Å². The van der Waals surface area contributed by atoms with Gasteiger partial charge < -0.3 is 9.64 Å². The lowest BCUT2D eigenvalue weighted by Gasteiger charge is -2.24. The monoisotopic (exact) mass is 343 g/mol. The number of hydrogen-bond donors (Lipinski definition) is 0. The molecule has 1 atom stereocenters. The summed E-state index contributed by atoms with van der Waals surface area (Å²) < 4.78 is 5.97. The van der Waals surface area contributed by atoms with Crippen molar-refractivity contribution in [2.24, 2.45) is 0 Å². The predicted octanol–water partition coefficient (Wildman–Crippen LogP) is 5.21. The highest BCUT2D eigenvalue weighted by Crippen LogP contribution is 2.28. The zero-order chi connectivity index (χ0) is 17.1. The van der Waals surface area contributed by atoms with E-state index in [1.165, 1.54) is 22.6 Å². The summed E-state index contributed by atoms with van der Waals surface area (Å²) in [7, 11) is 1.87. The highest BCUT2D eigenvalue weighted by molar-refractivity contribution is 7.12. The maximum absolute atomic E-state index is 12.7. The van der Waals surface area contributed by atoms with Gasteiger partial charge in [0.25, 0.3) is 5.91 Å². The van der Waals surface area contributed by atoms with Gasteiger partial charge >= 0.3 is 0 Å². The van der Waals surface area contributed by atoms with Gasteiger partial charge in [0.2, 0.25) is 0 Å². The van der Waals surface area contributed by atoms with Gasteiger partial charge in [0.1, 0.15) is 5.75 Å². The summed E-state index contributed by atoms with van der Waals surface area (Å²) in [6.45, 7) is 4.16. The largest absolute Gasteiger partial charge is 0.490 e. The van der Waals surface area contributed by atoms with Crippen LogP contribution in [0.2, 0.25) is 0 Å². The SMILES string of the molecule is Cc1ccc([C@H](C)N(C)C(=O)c2ccc(OC3CCCC3)cc2)s1. The van der Waals surface area contributed by atoms with Crippen LogP contribution in [0.4, 0.5) is 0 Å². The molecule has 0 N–H and O–H groups in total. The minimum absolute atomic E-state index is 0.0426. The Hall–Kier alpha value is -1.81. The molecular formula is C20H25NO2S. The molecule has 0 spiro atoms. The number of nitrogens with zero attached hydrogens (tertiary/aromatic N) is 1. The molecule has 0 saturated heterocycles. The van der Waals surface area contributed by atoms with Crippen LogP contribution in [0, 0.1) is 6.92 Å². The summed E-state index contributed by atoms with van der Waals surface area (Å²) in [5.41, 5.74) is 0.705. The number of hydrogen-bond acceptors (Lipinski definition) is 3. The van der Waals surface area contributed by atoms with Gasteiger partial charge in [-0.3, -0.25) is 4.79 Å². The molecule has 2 aromatic rings. The summed E-state index contributed by atoms with van der Waals surface area (Å²) in [4.78, 5) is 17.0. The number of rotatable bonds is 5. The number of benzene rings is 1. The standard InChI is InChI=1S/C20H25NO2S/c1-14-8-13-19(24-14)15(2)21(3)20(22)16-9-11-18(12-10-16)23-17-6-4-5-7-17/h8-13,15,17H,4-7H2,1-3H3/t15-/m0/s1. The second-order valence-electron chi connectivity index (χ2n) is 6.59. The molecule has 1 aliphatic rings. The van der Waals surface area contributed by atoms with Crippen molar-refractivity contribution in [2.75, 3.05) is 7.05 Å². The van der Waals surface area contributed by atoms with Crippen molar-refractivity contribution in [3.63, 3.8) is 0 Å². The number of aryl methyl sites for hydroxylation is 1. The Morgan fingerprint density at radius 3 is 2.42 bits per heavy atom. The molecule has 1 aromatic carbocycles. The lowest BCUT2D eigenvalue weighted by molar-refractivity contribution is 0.0745. The third kappa shape index (κ3) is 3.81. The first-order valence-corrected chi connectivity index (χ1v) is 9.46. The Morgan fingerprint density at radius 2 is 1.83 bits per heavy atom. The Labute approximate surface area is 148 Å². The van der Waals surface area contributed by atoms with Crippen LogP contribution in [0.1, 0.15) is 58.8 Å². The summed E-state index contributed by atoms with van der Waals surface area (Å²) in [5.74, 6) is 0.906. The molecule has 0 aliphatic heterocycles. The third-order valence-electron chi connectivity index (χ3n) is 4.78. The fourth-order valence-electron chi connectivity index (χ4n) is 3.12. The van der Waals surface area contributed by atoms with Gasteiger partial charge in [0.05, 0.1) is 12.1 Å². The van der Waals surface area contributed by atoms with E-state index in [1.807, 2.05) is 31.3 Å². The van der Waals surface area contributed by atoms with Crippen molar-refractivity contribution in [1.82, 2.24) is 4.90 Å². The van der Waals surface area contributed by atoms with Crippen LogP contribution in [0.25, 0.3) is 0 Å². The second kappa shape index (κ2) is 7.39. The normalized spacial score (nSPS) is 16.1. The zero-order valence-corrected chi connectivity index (χ0v) is 15.4. The molecule has 24 heavy (non-hydrogen) atoms.